The Morgan fingerprint density at radius 1 is 1.33 bits per heavy atom. The third-order valence-electron chi connectivity index (χ3n) is 3.87. The monoisotopic (exact) mass is 386 g/mol. The molecule has 9 heteroatoms. The Morgan fingerprint density at radius 3 is 2.62 bits per heavy atom. The molecule has 0 atom stereocenters. The number of halogens is 1. The van der Waals surface area contributed by atoms with Crippen molar-refractivity contribution >= 4 is 47.1 Å². The summed E-state index contributed by atoms with van der Waals surface area (Å²) in [5, 5.41) is 14.0. The molecule has 1 fully saturated rings. The normalized spacial score (nSPS) is 16.2. The maximum absolute atomic E-state index is 12.6. The number of anilines is 1. The van der Waals surface area contributed by atoms with Crippen molar-refractivity contribution in [2.24, 2.45) is 0 Å². The van der Waals surface area contributed by atoms with Gasteiger partial charge in [-0.15, -0.1) is 22.6 Å². The minimum atomic E-state index is -0.731. The Balaban J connectivity index is 0.00000208. The summed E-state index contributed by atoms with van der Waals surface area (Å²) < 4.78 is 6.43. The molecule has 2 N–H and O–H groups in total. The van der Waals surface area contributed by atoms with Crippen LogP contribution in [0.2, 0.25) is 0 Å². The molecular weight excluding hydrogens is 368 g/mol. The predicted molar refractivity (Wildman–Crippen MR) is 98.2 cm³/mol. The van der Waals surface area contributed by atoms with Gasteiger partial charge in [0.1, 0.15) is 11.1 Å². The van der Waals surface area contributed by atoms with Crippen LogP contribution in [0.1, 0.15) is 12.8 Å². The van der Waals surface area contributed by atoms with Gasteiger partial charge in [0.15, 0.2) is 4.34 Å². The van der Waals surface area contributed by atoms with Gasteiger partial charge in [-0.05, 0) is 50.2 Å². The van der Waals surface area contributed by atoms with Gasteiger partial charge in [-0.25, -0.2) is 0 Å². The number of hydrogen-bond donors (Lipinski definition) is 2. The number of amides is 1. The number of ether oxygens (including phenoxy) is 1. The summed E-state index contributed by atoms with van der Waals surface area (Å²) in [5.74, 6) is -0.0778. The molecule has 1 amide bonds. The van der Waals surface area contributed by atoms with Gasteiger partial charge in [0.05, 0.1) is 0 Å². The first-order chi connectivity index (χ1) is 11.2. The topological polar surface area (TPSA) is 76.1 Å². The highest BCUT2D eigenvalue weighted by Gasteiger charge is 2.39. The van der Waals surface area contributed by atoms with Crippen LogP contribution < -0.4 is 10.6 Å². The summed E-state index contributed by atoms with van der Waals surface area (Å²) in [7, 11) is 1.60. The quantitative estimate of drug-likeness (QED) is 0.822. The van der Waals surface area contributed by atoms with Crippen LogP contribution in [0.15, 0.2) is 39.0 Å². The van der Waals surface area contributed by atoms with Gasteiger partial charge in [-0.3, -0.25) is 4.79 Å². The van der Waals surface area contributed by atoms with Crippen LogP contribution in [0.3, 0.4) is 0 Å². The zero-order chi connectivity index (χ0) is 16.1. The number of benzene rings is 1. The lowest BCUT2D eigenvalue weighted by molar-refractivity contribution is -0.140. The second-order valence-electron chi connectivity index (χ2n) is 5.23. The number of nitrogens with one attached hydrogen (secondary N) is 2. The molecule has 6 nitrogen and oxygen atoms in total. The fraction of sp³-hybridized carbons (Fsp3) is 0.400. The van der Waals surface area contributed by atoms with Gasteiger partial charge in [-0.1, -0.05) is 23.1 Å². The zero-order valence-electron chi connectivity index (χ0n) is 13.2. The number of carbonyl (C=O) groups is 1. The molecule has 1 aromatic heterocycles. The maximum atomic E-state index is 12.6. The van der Waals surface area contributed by atoms with Crippen LogP contribution in [0.4, 0.5) is 5.69 Å². The molecule has 1 aliphatic rings. The van der Waals surface area contributed by atoms with Crippen molar-refractivity contribution in [3.8, 4) is 0 Å². The average Bonchev–Trinajstić information content (AvgIpc) is 3.10. The van der Waals surface area contributed by atoms with E-state index in [4.69, 9.17) is 4.74 Å². The molecule has 3 rings (SSSR count). The molecular formula is C15H19ClN4O2S2. The lowest BCUT2D eigenvalue weighted by Crippen LogP contribution is -2.51. The lowest BCUT2D eigenvalue weighted by atomic mass is 9.91. The number of nitrogens with zero attached hydrogens (tertiary/aromatic N) is 2. The number of piperidine rings is 1. The van der Waals surface area contributed by atoms with E-state index in [1.54, 1.807) is 24.4 Å². The largest absolute Gasteiger partial charge is 0.368 e. The van der Waals surface area contributed by atoms with Gasteiger partial charge in [-0.2, -0.15) is 0 Å². The number of methoxy groups -OCH3 is 1. The SMILES string of the molecule is COC1(C(=O)Nc2ccc(Sc3nncs3)cc2)CCNCC1.Cl. The molecule has 0 unspecified atom stereocenters. The van der Waals surface area contributed by atoms with E-state index >= 15 is 0 Å². The van der Waals surface area contributed by atoms with Crippen LogP contribution in [-0.4, -0.2) is 41.9 Å². The van der Waals surface area contributed by atoms with Gasteiger partial charge in [0.25, 0.3) is 5.91 Å². The van der Waals surface area contributed by atoms with E-state index in [-0.39, 0.29) is 18.3 Å². The maximum Gasteiger partial charge on any atom is 0.256 e. The molecule has 24 heavy (non-hydrogen) atoms. The van der Waals surface area contributed by atoms with E-state index in [1.807, 2.05) is 24.3 Å². The number of hydrogen-bond acceptors (Lipinski definition) is 7. The summed E-state index contributed by atoms with van der Waals surface area (Å²) in [6.07, 6.45) is 1.36. The summed E-state index contributed by atoms with van der Waals surface area (Å²) in [5.41, 5.74) is 1.75. The molecule has 0 saturated carbocycles. The van der Waals surface area contributed by atoms with Crippen LogP contribution in [-0.2, 0) is 9.53 Å². The molecule has 1 aliphatic heterocycles. The smallest absolute Gasteiger partial charge is 0.256 e. The van der Waals surface area contributed by atoms with E-state index in [9.17, 15) is 4.79 Å². The fourth-order valence-electron chi connectivity index (χ4n) is 2.51. The molecule has 2 aromatic rings. The van der Waals surface area contributed by atoms with Crippen LogP contribution >= 0.6 is 35.5 Å². The van der Waals surface area contributed by atoms with E-state index < -0.39 is 5.60 Å². The first-order valence-corrected chi connectivity index (χ1v) is 9.03. The molecule has 1 saturated heterocycles. The Hall–Kier alpha value is -1.19. The van der Waals surface area contributed by atoms with Crippen LogP contribution in [0, 0.1) is 0 Å². The second-order valence-corrected chi connectivity index (χ2v) is 7.39. The van der Waals surface area contributed by atoms with Crippen LogP contribution in [0.5, 0.6) is 0 Å². The second kappa shape index (κ2) is 8.77. The van der Waals surface area contributed by atoms with Crippen molar-refractivity contribution in [2.75, 3.05) is 25.5 Å². The fourth-order valence-corrected chi connectivity index (χ4v) is 3.96. The summed E-state index contributed by atoms with van der Waals surface area (Å²) in [4.78, 5) is 13.6. The molecule has 1 aromatic carbocycles. The Kier molecular flexibility index (Phi) is 7.00. The minimum Gasteiger partial charge on any atom is -0.368 e. The molecule has 130 valence electrons. The predicted octanol–water partition coefficient (Wildman–Crippen LogP) is 2.82. The number of aromatic nitrogens is 2. The van der Waals surface area contributed by atoms with Crippen molar-refractivity contribution in [1.82, 2.24) is 15.5 Å². The van der Waals surface area contributed by atoms with Crippen LogP contribution in [0.25, 0.3) is 0 Å². The van der Waals surface area contributed by atoms with E-state index in [2.05, 4.69) is 20.8 Å². The first kappa shape index (κ1) is 19.1. The summed E-state index contributed by atoms with van der Waals surface area (Å²) >= 11 is 3.06. The minimum absolute atomic E-state index is 0. The summed E-state index contributed by atoms with van der Waals surface area (Å²) in [6, 6.07) is 7.71. The number of rotatable bonds is 5. The van der Waals surface area contributed by atoms with Crippen molar-refractivity contribution in [3.05, 3.63) is 29.8 Å². The number of carbonyl (C=O) groups excluding carboxylic acids is 1. The highest BCUT2D eigenvalue weighted by molar-refractivity contribution is 8.01. The Labute approximate surface area is 155 Å². The lowest BCUT2D eigenvalue weighted by Gasteiger charge is -2.34. The molecule has 0 bridgehead atoms. The average molecular weight is 387 g/mol. The van der Waals surface area contributed by atoms with E-state index in [0.717, 1.165) is 28.0 Å². The third-order valence-corrected chi connectivity index (χ3v) is 5.66. The molecule has 0 aliphatic carbocycles. The van der Waals surface area contributed by atoms with Gasteiger partial charge in [0, 0.05) is 17.7 Å². The highest BCUT2D eigenvalue weighted by atomic mass is 35.5. The Morgan fingerprint density at radius 2 is 2.04 bits per heavy atom. The van der Waals surface area contributed by atoms with E-state index in [1.165, 1.54) is 11.3 Å². The first-order valence-electron chi connectivity index (χ1n) is 7.33. The standard InChI is InChI=1S/C15H18N4O2S2.ClH/c1-21-15(6-8-16-9-7-15)13(20)18-11-2-4-12(5-3-11)23-14-19-17-10-22-14;/h2-5,10,16H,6-9H2,1H3,(H,18,20);1H. The third kappa shape index (κ3) is 4.46. The summed E-state index contributed by atoms with van der Waals surface area (Å²) in [6.45, 7) is 1.58. The van der Waals surface area contributed by atoms with Crippen molar-refractivity contribution in [2.45, 2.75) is 27.7 Å². The molecule has 2 heterocycles. The van der Waals surface area contributed by atoms with Gasteiger partial charge < -0.3 is 15.4 Å². The van der Waals surface area contributed by atoms with Crippen molar-refractivity contribution in [3.63, 3.8) is 0 Å². The van der Waals surface area contributed by atoms with Gasteiger partial charge in [0.2, 0.25) is 0 Å². The Bertz CT molecular complexity index is 646. The molecule has 0 spiro atoms. The highest BCUT2D eigenvalue weighted by Crippen LogP contribution is 2.30. The van der Waals surface area contributed by atoms with Crippen molar-refractivity contribution < 1.29 is 9.53 Å². The van der Waals surface area contributed by atoms with E-state index in [0.29, 0.717) is 12.8 Å². The molecule has 0 radical (unpaired) electrons. The van der Waals surface area contributed by atoms with Crippen molar-refractivity contribution in [1.29, 1.82) is 0 Å². The van der Waals surface area contributed by atoms with Gasteiger partial charge >= 0.3 is 0 Å². The zero-order valence-corrected chi connectivity index (χ0v) is 15.6.